The van der Waals surface area contributed by atoms with Gasteiger partial charge in [0.25, 0.3) is 0 Å². The summed E-state index contributed by atoms with van der Waals surface area (Å²) < 4.78 is 5.35. The second-order valence-electron chi connectivity index (χ2n) is 6.00. The van der Waals surface area contributed by atoms with E-state index in [1.54, 1.807) is 7.11 Å². The van der Waals surface area contributed by atoms with E-state index in [-0.39, 0.29) is 11.8 Å². The molecular formula is C16H25N3O2. The van der Waals surface area contributed by atoms with Crippen molar-refractivity contribution in [3.63, 3.8) is 0 Å². The first-order chi connectivity index (χ1) is 10.0. The number of carbonyl (C=O) groups is 1. The molecule has 21 heavy (non-hydrogen) atoms. The first kappa shape index (κ1) is 15.8. The summed E-state index contributed by atoms with van der Waals surface area (Å²) in [6, 6.07) is 5.92. The molecular weight excluding hydrogens is 266 g/mol. The molecule has 0 unspecified atom stereocenters. The van der Waals surface area contributed by atoms with E-state index in [0.29, 0.717) is 11.7 Å². The molecule has 2 atom stereocenters. The predicted octanol–water partition coefficient (Wildman–Crippen LogP) is 1.55. The molecule has 0 aromatic heterocycles. The number of amides is 1. The molecule has 1 fully saturated rings. The summed E-state index contributed by atoms with van der Waals surface area (Å²) in [5.74, 6) is 1.14. The fraction of sp³-hybridized carbons (Fsp3) is 0.562. The second kappa shape index (κ2) is 6.91. The lowest BCUT2D eigenvalue weighted by atomic mass is 9.97. The largest absolute Gasteiger partial charge is 0.495 e. The van der Waals surface area contributed by atoms with Gasteiger partial charge in [-0.05, 0) is 44.3 Å². The number of hydrogen-bond acceptors (Lipinski definition) is 4. The Bertz CT molecular complexity index is 502. The zero-order valence-corrected chi connectivity index (χ0v) is 13.3. The molecule has 1 amide bonds. The molecule has 0 bridgehead atoms. The molecule has 2 N–H and O–H groups in total. The van der Waals surface area contributed by atoms with Gasteiger partial charge in [-0.1, -0.05) is 13.0 Å². The van der Waals surface area contributed by atoms with E-state index in [0.717, 1.165) is 30.9 Å². The van der Waals surface area contributed by atoms with Gasteiger partial charge in [0.1, 0.15) is 5.75 Å². The van der Waals surface area contributed by atoms with E-state index in [1.165, 1.54) is 0 Å². The monoisotopic (exact) mass is 291 g/mol. The molecule has 5 heteroatoms. The first-order valence-electron chi connectivity index (χ1n) is 7.34. The minimum Gasteiger partial charge on any atom is -0.495 e. The number of nitrogens with one attached hydrogen (secondary N) is 2. The van der Waals surface area contributed by atoms with Gasteiger partial charge in [0, 0.05) is 13.1 Å². The van der Waals surface area contributed by atoms with Crippen LogP contribution >= 0.6 is 0 Å². The van der Waals surface area contributed by atoms with Crippen molar-refractivity contribution in [2.75, 3.05) is 39.6 Å². The van der Waals surface area contributed by atoms with Crippen molar-refractivity contribution in [3.8, 4) is 5.75 Å². The molecule has 0 spiro atoms. The molecule has 1 saturated heterocycles. The van der Waals surface area contributed by atoms with Crippen LogP contribution in [0.1, 0.15) is 12.5 Å². The third kappa shape index (κ3) is 3.95. The summed E-state index contributed by atoms with van der Waals surface area (Å²) in [7, 11) is 5.67. The van der Waals surface area contributed by atoms with Crippen LogP contribution in [-0.2, 0) is 11.3 Å². The maximum atomic E-state index is 12.4. The topological polar surface area (TPSA) is 53.6 Å². The fourth-order valence-electron chi connectivity index (χ4n) is 2.70. The quantitative estimate of drug-likeness (QED) is 0.864. The van der Waals surface area contributed by atoms with Crippen molar-refractivity contribution in [2.45, 2.75) is 13.5 Å². The van der Waals surface area contributed by atoms with Crippen molar-refractivity contribution in [1.82, 2.24) is 10.2 Å². The summed E-state index contributed by atoms with van der Waals surface area (Å²) in [4.78, 5) is 14.5. The van der Waals surface area contributed by atoms with Crippen molar-refractivity contribution >= 4 is 11.6 Å². The number of hydrogen-bond donors (Lipinski definition) is 2. The van der Waals surface area contributed by atoms with Gasteiger partial charge in [-0.15, -0.1) is 0 Å². The third-order valence-corrected chi connectivity index (χ3v) is 3.87. The van der Waals surface area contributed by atoms with Gasteiger partial charge >= 0.3 is 0 Å². The van der Waals surface area contributed by atoms with Gasteiger partial charge < -0.3 is 20.3 Å². The molecule has 0 radical (unpaired) electrons. The van der Waals surface area contributed by atoms with E-state index >= 15 is 0 Å². The highest BCUT2D eigenvalue weighted by Gasteiger charge is 2.29. The molecule has 1 aromatic carbocycles. The van der Waals surface area contributed by atoms with Crippen LogP contribution in [-0.4, -0.2) is 45.1 Å². The summed E-state index contributed by atoms with van der Waals surface area (Å²) in [6.07, 6.45) is 0. The van der Waals surface area contributed by atoms with Crippen molar-refractivity contribution in [1.29, 1.82) is 0 Å². The van der Waals surface area contributed by atoms with Crippen LogP contribution < -0.4 is 15.4 Å². The smallest absolute Gasteiger partial charge is 0.229 e. The van der Waals surface area contributed by atoms with Gasteiger partial charge in [-0.2, -0.15) is 0 Å². The average Bonchev–Trinajstić information content (AvgIpc) is 2.84. The maximum absolute atomic E-state index is 12.4. The Kier molecular flexibility index (Phi) is 5.20. The van der Waals surface area contributed by atoms with Crippen LogP contribution in [0, 0.1) is 11.8 Å². The van der Waals surface area contributed by atoms with Gasteiger partial charge in [-0.25, -0.2) is 0 Å². The van der Waals surface area contributed by atoms with Crippen LogP contribution in [0.3, 0.4) is 0 Å². The van der Waals surface area contributed by atoms with Crippen LogP contribution in [0.4, 0.5) is 5.69 Å². The normalized spacial score (nSPS) is 21.6. The molecule has 116 valence electrons. The summed E-state index contributed by atoms with van der Waals surface area (Å²) in [5.41, 5.74) is 1.90. The third-order valence-electron chi connectivity index (χ3n) is 3.87. The highest BCUT2D eigenvalue weighted by atomic mass is 16.5. The predicted molar refractivity (Wildman–Crippen MR) is 84.5 cm³/mol. The van der Waals surface area contributed by atoms with Gasteiger partial charge in [0.05, 0.1) is 18.7 Å². The molecule has 1 heterocycles. The highest BCUT2D eigenvalue weighted by molar-refractivity contribution is 5.94. The van der Waals surface area contributed by atoms with Gasteiger partial charge in [-0.3, -0.25) is 4.79 Å². The van der Waals surface area contributed by atoms with Crippen molar-refractivity contribution < 1.29 is 9.53 Å². The van der Waals surface area contributed by atoms with Gasteiger partial charge in [0.15, 0.2) is 0 Å². The lowest BCUT2D eigenvalue weighted by Crippen LogP contribution is -2.28. The van der Waals surface area contributed by atoms with Crippen LogP contribution in [0.25, 0.3) is 0 Å². The van der Waals surface area contributed by atoms with Crippen LogP contribution in [0.2, 0.25) is 0 Å². The minimum absolute atomic E-state index is 0.0206. The molecule has 5 nitrogen and oxygen atoms in total. The van der Waals surface area contributed by atoms with Crippen LogP contribution in [0.5, 0.6) is 5.75 Å². The Hall–Kier alpha value is -1.59. The lowest BCUT2D eigenvalue weighted by Gasteiger charge is -2.17. The maximum Gasteiger partial charge on any atom is 0.229 e. The summed E-state index contributed by atoms with van der Waals surface area (Å²) in [6.45, 7) is 4.57. The first-order valence-corrected chi connectivity index (χ1v) is 7.34. The molecule has 1 aromatic rings. The number of nitrogens with zero attached hydrogens (tertiary/aromatic N) is 1. The zero-order valence-electron chi connectivity index (χ0n) is 13.3. The molecule has 2 rings (SSSR count). The Labute approximate surface area is 126 Å². The van der Waals surface area contributed by atoms with E-state index in [1.807, 2.05) is 32.3 Å². The van der Waals surface area contributed by atoms with Crippen molar-refractivity contribution in [2.24, 2.45) is 11.8 Å². The SMILES string of the molecule is COc1ccc(CN(C)C)cc1NC(=O)[C@@H]1CNC[C@H]1C. The zero-order chi connectivity index (χ0) is 15.4. The van der Waals surface area contributed by atoms with Crippen molar-refractivity contribution in [3.05, 3.63) is 23.8 Å². The second-order valence-corrected chi connectivity index (χ2v) is 6.00. The number of ether oxygens (including phenoxy) is 1. The number of anilines is 1. The Morgan fingerprint density at radius 3 is 2.76 bits per heavy atom. The fourth-order valence-corrected chi connectivity index (χ4v) is 2.70. The lowest BCUT2D eigenvalue weighted by molar-refractivity contribution is -0.120. The van der Waals surface area contributed by atoms with E-state index < -0.39 is 0 Å². The molecule has 1 aliphatic rings. The summed E-state index contributed by atoms with van der Waals surface area (Å²) >= 11 is 0. The standard InChI is InChI=1S/C16H25N3O2/c1-11-8-17-9-13(11)16(20)18-14-7-12(10-19(2)3)5-6-15(14)21-4/h5-7,11,13,17H,8-10H2,1-4H3,(H,18,20)/t11-,13-/m1/s1. The molecule has 0 aliphatic carbocycles. The molecule has 0 saturated carbocycles. The van der Waals surface area contributed by atoms with E-state index in [2.05, 4.69) is 22.5 Å². The van der Waals surface area contributed by atoms with Gasteiger partial charge in [0.2, 0.25) is 5.91 Å². The Balaban J connectivity index is 2.14. The van der Waals surface area contributed by atoms with E-state index in [9.17, 15) is 4.79 Å². The average molecular weight is 291 g/mol. The number of rotatable bonds is 5. The number of carbonyl (C=O) groups excluding carboxylic acids is 1. The van der Waals surface area contributed by atoms with Crippen LogP contribution in [0.15, 0.2) is 18.2 Å². The Morgan fingerprint density at radius 1 is 1.43 bits per heavy atom. The highest BCUT2D eigenvalue weighted by Crippen LogP contribution is 2.27. The summed E-state index contributed by atoms with van der Waals surface area (Å²) in [5, 5.41) is 6.28. The minimum atomic E-state index is 0.0206. The van der Waals surface area contributed by atoms with E-state index in [4.69, 9.17) is 4.74 Å². The number of methoxy groups -OCH3 is 1. The Morgan fingerprint density at radius 2 is 2.19 bits per heavy atom. The molecule has 1 aliphatic heterocycles. The number of benzene rings is 1.